The average molecular weight is 293 g/mol. The number of aryl methyl sites for hydroxylation is 2. The summed E-state index contributed by atoms with van der Waals surface area (Å²) in [5, 5.41) is 9.35. The fraction of sp³-hybridized carbons (Fsp3) is 0.600. The van der Waals surface area contributed by atoms with Crippen LogP contribution in [-0.4, -0.2) is 34.5 Å². The Morgan fingerprint density at radius 2 is 2.20 bits per heavy atom. The minimum Gasteiger partial charge on any atom is -0.480 e. The fourth-order valence-corrected chi connectivity index (χ4v) is 4.40. The number of likely N-dealkylation sites (tertiary alicyclic amines) is 1. The van der Waals surface area contributed by atoms with Crippen molar-refractivity contribution in [2.24, 2.45) is 5.92 Å². The SMILES string of the molecule is CC1CCN(C(=O)c2cc3c(s2)CCC3)C(C(=O)O)C1. The zero-order valence-corrected chi connectivity index (χ0v) is 12.4. The van der Waals surface area contributed by atoms with E-state index in [1.54, 1.807) is 16.2 Å². The third kappa shape index (κ3) is 2.35. The second kappa shape index (κ2) is 5.20. The number of amides is 1. The van der Waals surface area contributed by atoms with E-state index in [1.165, 1.54) is 16.9 Å². The Labute approximate surface area is 122 Å². The van der Waals surface area contributed by atoms with Crippen molar-refractivity contribution in [3.05, 3.63) is 21.4 Å². The molecule has 20 heavy (non-hydrogen) atoms. The molecule has 0 aromatic carbocycles. The lowest BCUT2D eigenvalue weighted by Gasteiger charge is -2.35. The summed E-state index contributed by atoms with van der Waals surface area (Å²) < 4.78 is 0. The van der Waals surface area contributed by atoms with Crippen LogP contribution in [0.5, 0.6) is 0 Å². The van der Waals surface area contributed by atoms with Gasteiger partial charge in [-0.15, -0.1) is 11.3 Å². The zero-order valence-electron chi connectivity index (χ0n) is 11.6. The molecule has 1 aliphatic heterocycles. The highest BCUT2D eigenvalue weighted by atomic mass is 32.1. The molecular weight excluding hydrogens is 274 g/mol. The van der Waals surface area contributed by atoms with Crippen molar-refractivity contribution in [2.75, 3.05) is 6.54 Å². The molecule has 0 saturated carbocycles. The number of nitrogens with zero attached hydrogens (tertiary/aromatic N) is 1. The summed E-state index contributed by atoms with van der Waals surface area (Å²) in [6.45, 7) is 2.61. The van der Waals surface area contributed by atoms with E-state index in [9.17, 15) is 14.7 Å². The highest BCUT2D eigenvalue weighted by Gasteiger charge is 2.36. The maximum absolute atomic E-state index is 12.6. The first-order valence-electron chi connectivity index (χ1n) is 7.21. The Morgan fingerprint density at radius 1 is 1.40 bits per heavy atom. The number of carbonyl (C=O) groups excluding carboxylic acids is 1. The predicted octanol–water partition coefficient (Wildman–Crippen LogP) is 2.56. The van der Waals surface area contributed by atoms with Crippen LogP contribution in [0.4, 0.5) is 0 Å². The smallest absolute Gasteiger partial charge is 0.326 e. The summed E-state index contributed by atoms with van der Waals surface area (Å²) in [5.74, 6) is -0.605. The van der Waals surface area contributed by atoms with Gasteiger partial charge in [0, 0.05) is 11.4 Å². The highest BCUT2D eigenvalue weighted by Crippen LogP contribution is 2.33. The van der Waals surface area contributed by atoms with Gasteiger partial charge in [0.05, 0.1) is 4.88 Å². The lowest BCUT2D eigenvalue weighted by atomic mass is 9.92. The van der Waals surface area contributed by atoms with Crippen LogP contribution in [0.3, 0.4) is 0 Å². The van der Waals surface area contributed by atoms with Gasteiger partial charge in [0.25, 0.3) is 5.91 Å². The highest BCUT2D eigenvalue weighted by molar-refractivity contribution is 7.14. The third-order valence-corrected chi connectivity index (χ3v) is 5.59. The summed E-state index contributed by atoms with van der Waals surface area (Å²) in [4.78, 5) is 27.6. The van der Waals surface area contributed by atoms with Crippen LogP contribution < -0.4 is 0 Å². The van der Waals surface area contributed by atoms with Crippen LogP contribution in [0.2, 0.25) is 0 Å². The maximum atomic E-state index is 12.6. The number of fused-ring (bicyclic) bond motifs is 1. The molecule has 2 heterocycles. The summed E-state index contributed by atoms with van der Waals surface area (Å²) in [5.41, 5.74) is 1.29. The summed E-state index contributed by atoms with van der Waals surface area (Å²) in [6.07, 6.45) is 4.74. The van der Waals surface area contributed by atoms with E-state index >= 15 is 0 Å². The van der Waals surface area contributed by atoms with Crippen molar-refractivity contribution in [1.29, 1.82) is 0 Å². The van der Waals surface area contributed by atoms with Crippen molar-refractivity contribution < 1.29 is 14.7 Å². The molecule has 2 aliphatic rings. The van der Waals surface area contributed by atoms with Gasteiger partial charge in [-0.05, 0) is 49.7 Å². The lowest BCUT2D eigenvalue weighted by Crippen LogP contribution is -2.49. The number of carbonyl (C=O) groups is 2. The number of hydrogen-bond donors (Lipinski definition) is 1. The Kier molecular flexibility index (Phi) is 3.54. The first kappa shape index (κ1) is 13.6. The fourth-order valence-electron chi connectivity index (χ4n) is 3.19. The molecule has 0 spiro atoms. The van der Waals surface area contributed by atoms with E-state index in [0.717, 1.165) is 24.1 Å². The van der Waals surface area contributed by atoms with E-state index in [-0.39, 0.29) is 5.91 Å². The van der Waals surface area contributed by atoms with Crippen LogP contribution in [-0.2, 0) is 17.6 Å². The minimum absolute atomic E-state index is 0.0938. The Hall–Kier alpha value is -1.36. The molecule has 3 rings (SSSR count). The molecule has 5 heteroatoms. The molecule has 1 aliphatic carbocycles. The lowest BCUT2D eigenvalue weighted by molar-refractivity contribution is -0.144. The second-order valence-corrected chi connectivity index (χ2v) is 7.03. The van der Waals surface area contributed by atoms with Gasteiger partial charge in [0.1, 0.15) is 6.04 Å². The van der Waals surface area contributed by atoms with Gasteiger partial charge in [0.2, 0.25) is 0 Å². The average Bonchev–Trinajstić information content (AvgIpc) is 2.98. The molecule has 1 aromatic rings. The number of carboxylic acids is 1. The van der Waals surface area contributed by atoms with Crippen LogP contribution in [0.25, 0.3) is 0 Å². The molecule has 1 aromatic heterocycles. The van der Waals surface area contributed by atoms with Gasteiger partial charge in [0.15, 0.2) is 0 Å². The van der Waals surface area contributed by atoms with Gasteiger partial charge < -0.3 is 10.0 Å². The van der Waals surface area contributed by atoms with Crippen LogP contribution in [0, 0.1) is 5.92 Å². The summed E-state index contributed by atoms with van der Waals surface area (Å²) >= 11 is 1.55. The molecule has 1 N–H and O–H groups in total. The van der Waals surface area contributed by atoms with E-state index in [0.29, 0.717) is 18.9 Å². The van der Waals surface area contributed by atoms with Crippen molar-refractivity contribution in [3.8, 4) is 0 Å². The molecule has 108 valence electrons. The Morgan fingerprint density at radius 3 is 2.90 bits per heavy atom. The van der Waals surface area contributed by atoms with Gasteiger partial charge in [-0.25, -0.2) is 4.79 Å². The second-order valence-electron chi connectivity index (χ2n) is 5.89. The molecule has 2 unspecified atom stereocenters. The monoisotopic (exact) mass is 293 g/mol. The molecular formula is C15H19NO3S. The quantitative estimate of drug-likeness (QED) is 0.911. The number of hydrogen-bond acceptors (Lipinski definition) is 3. The predicted molar refractivity (Wildman–Crippen MR) is 77.2 cm³/mol. The van der Waals surface area contributed by atoms with Crippen LogP contribution in [0.1, 0.15) is 46.3 Å². The first-order valence-corrected chi connectivity index (χ1v) is 8.03. The van der Waals surface area contributed by atoms with Crippen molar-refractivity contribution in [2.45, 2.75) is 45.1 Å². The van der Waals surface area contributed by atoms with E-state index in [1.807, 2.05) is 6.07 Å². The van der Waals surface area contributed by atoms with Crippen LogP contribution >= 0.6 is 11.3 Å². The van der Waals surface area contributed by atoms with Crippen LogP contribution in [0.15, 0.2) is 6.07 Å². The molecule has 0 radical (unpaired) electrons. The molecule has 1 amide bonds. The molecule has 1 fully saturated rings. The van der Waals surface area contributed by atoms with Gasteiger partial charge in [-0.2, -0.15) is 0 Å². The van der Waals surface area contributed by atoms with E-state index < -0.39 is 12.0 Å². The Bertz CT molecular complexity index is 530. The number of thiophene rings is 1. The zero-order chi connectivity index (χ0) is 14.3. The standard InChI is InChI=1S/C15H19NO3S/c1-9-5-6-16(11(7-9)15(18)19)14(17)13-8-10-3-2-4-12(10)20-13/h8-9,11H,2-7H2,1H3,(H,18,19). The normalized spacial score (nSPS) is 25.6. The van der Waals surface area contributed by atoms with Gasteiger partial charge in [-0.1, -0.05) is 6.92 Å². The van der Waals surface area contributed by atoms with E-state index in [2.05, 4.69) is 6.92 Å². The number of piperidine rings is 1. The number of aliphatic carboxylic acids is 1. The van der Waals surface area contributed by atoms with Crippen molar-refractivity contribution in [3.63, 3.8) is 0 Å². The Balaban J connectivity index is 1.82. The number of carboxylic acid groups (broad SMARTS) is 1. The first-order chi connectivity index (χ1) is 9.56. The molecule has 4 nitrogen and oxygen atoms in total. The largest absolute Gasteiger partial charge is 0.480 e. The van der Waals surface area contributed by atoms with E-state index in [4.69, 9.17) is 0 Å². The van der Waals surface area contributed by atoms with Gasteiger partial charge >= 0.3 is 5.97 Å². The topological polar surface area (TPSA) is 57.6 Å². The molecule has 0 bridgehead atoms. The minimum atomic E-state index is -0.881. The third-order valence-electron chi connectivity index (χ3n) is 4.37. The van der Waals surface area contributed by atoms with Gasteiger partial charge in [-0.3, -0.25) is 4.79 Å². The summed E-state index contributed by atoms with van der Waals surface area (Å²) in [6, 6.07) is 1.31. The maximum Gasteiger partial charge on any atom is 0.326 e. The number of rotatable bonds is 2. The molecule has 1 saturated heterocycles. The van der Waals surface area contributed by atoms with Crippen molar-refractivity contribution in [1.82, 2.24) is 4.90 Å². The van der Waals surface area contributed by atoms with Crippen molar-refractivity contribution >= 4 is 23.2 Å². The molecule has 2 atom stereocenters. The summed E-state index contributed by atoms with van der Waals surface area (Å²) in [7, 11) is 0.